The van der Waals surface area contributed by atoms with Crippen LogP contribution in [-0.4, -0.2) is 61.1 Å². The van der Waals surface area contributed by atoms with Crippen LogP contribution in [0.4, 0.5) is 5.69 Å². The molecule has 2 aliphatic rings. The number of fused-ring (bicyclic) bond motifs is 1. The van der Waals surface area contributed by atoms with E-state index in [1.165, 1.54) is 0 Å². The lowest BCUT2D eigenvalue weighted by molar-refractivity contribution is -0.136. The maximum absolute atomic E-state index is 12.4. The minimum atomic E-state index is -0.721. The van der Waals surface area contributed by atoms with Gasteiger partial charge in [-0.2, -0.15) is 11.8 Å². The summed E-state index contributed by atoms with van der Waals surface area (Å²) in [6, 6.07) is 6.91. The first-order valence-corrected chi connectivity index (χ1v) is 10.7. The highest BCUT2D eigenvalue weighted by Gasteiger charge is 2.25. The summed E-state index contributed by atoms with van der Waals surface area (Å²) in [6.07, 6.45) is 3.31. The highest BCUT2D eigenvalue weighted by Crippen LogP contribution is 2.32. The molecular formula is C20H23N3O5S. The van der Waals surface area contributed by atoms with E-state index in [2.05, 4.69) is 15.5 Å². The van der Waals surface area contributed by atoms with Crippen molar-refractivity contribution < 1.29 is 23.5 Å². The summed E-state index contributed by atoms with van der Waals surface area (Å²) in [7, 11) is 0. The van der Waals surface area contributed by atoms with Crippen molar-refractivity contribution in [2.75, 3.05) is 49.7 Å². The number of carbonyl (C=O) groups excluding carboxylic acids is 2. The van der Waals surface area contributed by atoms with Crippen LogP contribution in [-0.2, 0) is 9.59 Å². The smallest absolute Gasteiger partial charge is 0.313 e. The van der Waals surface area contributed by atoms with Crippen LogP contribution in [0.25, 0.3) is 0 Å². The van der Waals surface area contributed by atoms with Crippen molar-refractivity contribution in [3.05, 3.63) is 42.4 Å². The monoisotopic (exact) mass is 417 g/mol. The molecule has 2 amide bonds. The highest BCUT2D eigenvalue weighted by molar-refractivity contribution is 7.99. The number of benzene rings is 1. The number of carbonyl (C=O) groups is 2. The van der Waals surface area contributed by atoms with Gasteiger partial charge in [-0.15, -0.1) is 0 Å². The third-order valence-corrected chi connectivity index (χ3v) is 5.82. The normalized spacial score (nSPS) is 17.4. The van der Waals surface area contributed by atoms with Gasteiger partial charge >= 0.3 is 11.8 Å². The number of hydrogen-bond donors (Lipinski definition) is 2. The molecule has 4 rings (SSSR count). The summed E-state index contributed by atoms with van der Waals surface area (Å²) >= 11 is 1.92. The number of amides is 2. The molecule has 1 aromatic carbocycles. The SMILES string of the molecule is O=C(NC[C@H](c1ccoc1)N1CCSCC1)C(=O)Nc1ccc2c(c1)OCCO2. The van der Waals surface area contributed by atoms with Crippen molar-refractivity contribution in [3.8, 4) is 11.5 Å². The van der Waals surface area contributed by atoms with Crippen LogP contribution in [0.2, 0.25) is 0 Å². The minimum Gasteiger partial charge on any atom is -0.486 e. The number of nitrogens with zero attached hydrogens (tertiary/aromatic N) is 1. The molecule has 0 saturated carbocycles. The fourth-order valence-electron chi connectivity index (χ4n) is 3.39. The number of nitrogens with one attached hydrogen (secondary N) is 2. The zero-order chi connectivity index (χ0) is 20.1. The van der Waals surface area contributed by atoms with E-state index in [4.69, 9.17) is 13.9 Å². The molecule has 0 radical (unpaired) electrons. The van der Waals surface area contributed by atoms with Gasteiger partial charge in [0, 0.05) is 48.5 Å². The molecule has 154 valence electrons. The standard InChI is InChI=1S/C20H23N3O5S/c24-19(20(25)22-15-1-2-17-18(11-15)28-8-7-27-17)21-12-16(14-3-6-26-13-14)23-4-9-29-10-5-23/h1-3,6,11,13,16H,4-5,7-10,12H2,(H,21,24)(H,22,25)/t16-/m1/s1. The van der Waals surface area contributed by atoms with E-state index < -0.39 is 11.8 Å². The van der Waals surface area contributed by atoms with Gasteiger partial charge in [0.2, 0.25) is 0 Å². The maximum Gasteiger partial charge on any atom is 0.313 e. The topological polar surface area (TPSA) is 93.0 Å². The summed E-state index contributed by atoms with van der Waals surface area (Å²) in [6.45, 7) is 3.14. The van der Waals surface area contributed by atoms with Crippen molar-refractivity contribution in [1.82, 2.24) is 10.2 Å². The largest absolute Gasteiger partial charge is 0.486 e. The van der Waals surface area contributed by atoms with Crippen molar-refractivity contribution >= 4 is 29.3 Å². The lowest BCUT2D eigenvalue weighted by Gasteiger charge is -2.33. The van der Waals surface area contributed by atoms with Crippen molar-refractivity contribution in [2.24, 2.45) is 0 Å². The molecule has 9 heteroatoms. The Morgan fingerprint density at radius 3 is 2.62 bits per heavy atom. The molecule has 2 aromatic rings. The predicted molar refractivity (Wildman–Crippen MR) is 109 cm³/mol. The Hall–Kier alpha value is -2.65. The first-order valence-electron chi connectivity index (χ1n) is 9.53. The minimum absolute atomic E-state index is 0.0271. The molecule has 1 fully saturated rings. The zero-order valence-electron chi connectivity index (χ0n) is 15.9. The molecule has 1 aromatic heterocycles. The fourth-order valence-corrected chi connectivity index (χ4v) is 4.32. The quantitative estimate of drug-likeness (QED) is 0.718. The summed E-state index contributed by atoms with van der Waals surface area (Å²) in [5.41, 5.74) is 1.47. The Labute approximate surface area is 172 Å². The molecule has 0 bridgehead atoms. The molecule has 1 atom stereocenters. The second-order valence-electron chi connectivity index (χ2n) is 6.74. The Kier molecular flexibility index (Phi) is 6.26. The van der Waals surface area contributed by atoms with Crippen molar-refractivity contribution in [3.63, 3.8) is 0 Å². The average Bonchev–Trinajstić information content (AvgIpc) is 3.29. The number of thioether (sulfide) groups is 1. The van der Waals surface area contributed by atoms with Crippen LogP contribution < -0.4 is 20.1 Å². The Morgan fingerprint density at radius 2 is 1.86 bits per heavy atom. The molecule has 29 heavy (non-hydrogen) atoms. The predicted octanol–water partition coefficient (Wildman–Crippen LogP) is 1.90. The fraction of sp³-hybridized carbons (Fsp3) is 0.400. The molecule has 2 aliphatic heterocycles. The Balaban J connectivity index is 1.35. The van der Waals surface area contributed by atoms with Crippen LogP contribution >= 0.6 is 11.8 Å². The van der Waals surface area contributed by atoms with Gasteiger partial charge in [0.25, 0.3) is 0 Å². The molecule has 1 saturated heterocycles. The van der Waals surface area contributed by atoms with Gasteiger partial charge in [-0.3, -0.25) is 14.5 Å². The summed E-state index contributed by atoms with van der Waals surface area (Å²) in [4.78, 5) is 27.0. The third kappa shape index (κ3) is 4.86. The van der Waals surface area contributed by atoms with Crippen LogP contribution in [0.5, 0.6) is 11.5 Å². The molecule has 0 aliphatic carbocycles. The average molecular weight is 417 g/mol. The third-order valence-electron chi connectivity index (χ3n) is 4.88. The molecule has 0 unspecified atom stereocenters. The van der Waals surface area contributed by atoms with Crippen LogP contribution in [0.3, 0.4) is 0 Å². The Morgan fingerprint density at radius 1 is 1.07 bits per heavy atom. The second-order valence-corrected chi connectivity index (χ2v) is 7.97. The maximum atomic E-state index is 12.4. The van der Waals surface area contributed by atoms with Gasteiger partial charge in [0.05, 0.1) is 18.6 Å². The number of ether oxygens (including phenoxy) is 2. The molecular weight excluding hydrogens is 394 g/mol. The summed E-state index contributed by atoms with van der Waals surface area (Å²) < 4.78 is 16.2. The molecule has 3 heterocycles. The van der Waals surface area contributed by atoms with E-state index in [0.717, 1.165) is 30.2 Å². The van der Waals surface area contributed by atoms with E-state index in [0.29, 0.717) is 36.9 Å². The first-order chi connectivity index (χ1) is 14.2. The van der Waals surface area contributed by atoms with Gasteiger partial charge in [-0.25, -0.2) is 0 Å². The van der Waals surface area contributed by atoms with Crippen molar-refractivity contribution in [2.45, 2.75) is 6.04 Å². The van der Waals surface area contributed by atoms with Crippen LogP contribution in [0.1, 0.15) is 11.6 Å². The van der Waals surface area contributed by atoms with Gasteiger partial charge in [0.15, 0.2) is 11.5 Å². The van der Waals surface area contributed by atoms with E-state index in [1.54, 1.807) is 30.7 Å². The summed E-state index contributed by atoms with van der Waals surface area (Å²) in [5, 5.41) is 5.36. The van der Waals surface area contributed by atoms with Crippen LogP contribution in [0.15, 0.2) is 41.2 Å². The van der Waals surface area contributed by atoms with Crippen LogP contribution in [0, 0.1) is 0 Å². The highest BCUT2D eigenvalue weighted by atomic mass is 32.2. The van der Waals surface area contributed by atoms with E-state index in [-0.39, 0.29) is 6.04 Å². The van der Waals surface area contributed by atoms with Gasteiger partial charge in [-0.1, -0.05) is 0 Å². The molecule has 2 N–H and O–H groups in total. The lowest BCUT2D eigenvalue weighted by Crippen LogP contribution is -2.44. The zero-order valence-corrected chi connectivity index (χ0v) is 16.7. The molecule has 8 nitrogen and oxygen atoms in total. The summed E-state index contributed by atoms with van der Waals surface area (Å²) in [5.74, 6) is 1.88. The van der Waals surface area contributed by atoms with E-state index in [9.17, 15) is 9.59 Å². The first kappa shape index (κ1) is 19.7. The van der Waals surface area contributed by atoms with Gasteiger partial charge < -0.3 is 24.5 Å². The Bertz CT molecular complexity index is 852. The molecule has 0 spiro atoms. The second kappa shape index (κ2) is 9.23. The lowest BCUT2D eigenvalue weighted by atomic mass is 10.1. The van der Waals surface area contributed by atoms with E-state index >= 15 is 0 Å². The van der Waals surface area contributed by atoms with Gasteiger partial charge in [0.1, 0.15) is 13.2 Å². The number of anilines is 1. The van der Waals surface area contributed by atoms with Gasteiger partial charge in [-0.05, 0) is 18.2 Å². The number of furan rings is 1. The van der Waals surface area contributed by atoms with E-state index in [1.807, 2.05) is 17.8 Å². The number of hydrogen-bond acceptors (Lipinski definition) is 7. The van der Waals surface area contributed by atoms with Crippen molar-refractivity contribution in [1.29, 1.82) is 0 Å². The number of rotatable bonds is 5.